The van der Waals surface area contributed by atoms with Crippen molar-refractivity contribution in [1.29, 1.82) is 0 Å². The predicted octanol–water partition coefficient (Wildman–Crippen LogP) is 7.24. The predicted molar refractivity (Wildman–Crippen MR) is 158 cm³/mol. The molecule has 1 unspecified atom stereocenters. The van der Waals surface area contributed by atoms with E-state index in [9.17, 15) is 19.1 Å². The number of phenolic OH excluding ortho intramolecular Hbond substituents is 1. The molecule has 0 saturated heterocycles. The number of aromatic hydroxyl groups is 1. The number of rotatable bonds is 5. The van der Waals surface area contributed by atoms with Gasteiger partial charge in [0.05, 0.1) is 17.9 Å². The zero-order chi connectivity index (χ0) is 31.2. The maximum absolute atomic E-state index is 16.2. The van der Waals surface area contributed by atoms with Crippen molar-refractivity contribution < 1.29 is 32.6 Å². The molecule has 1 atom stereocenters. The SMILES string of the molecule is CC1(C)CC(=O)C2=C(C1)Nc1c(O)cccc1N(C(=O)c1ncc(F)cc1F)C2c1ccc(OCc2ccccc2)cc1F. The van der Waals surface area contributed by atoms with Crippen LogP contribution in [0.4, 0.5) is 24.5 Å². The number of amides is 1. The number of ether oxygens (including phenoxy) is 1. The summed E-state index contributed by atoms with van der Waals surface area (Å²) >= 11 is 0. The van der Waals surface area contributed by atoms with Crippen molar-refractivity contribution in [2.24, 2.45) is 5.41 Å². The first-order valence-corrected chi connectivity index (χ1v) is 14.0. The van der Waals surface area contributed by atoms with Crippen LogP contribution < -0.4 is 15.0 Å². The molecule has 0 bridgehead atoms. The number of anilines is 2. The molecule has 1 aliphatic carbocycles. The van der Waals surface area contributed by atoms with E-state index in [1.807, 2.05) is 44.2 Å². The molecular weight excluding hydrogens is 571 g/mol. The van der Waals surface area contributed by atoms with Crippen LogP contribution in [0.5, 0.6) is 11.5 Å². The Kier molecular flexibility index (Phi) is 7.36. The van der Waals surface area contributed by atoms with E-state index in [1.54, 1.807) is 0 Å². The zero-order valence-electron chi connectivity index (χ0n) is 23.9. The fraction of sp³-hybridized carbons (Fsp3) is 0.206. The van der Waals surface area contributed by atoms with Gasteiger partial charge in [0.15, 0.2) is 17.3 Å². The molecule has 224 valence electrons. The van der Waals surface area contributed by atoms with Crippen LogP contribution in [0, 0.1) is 22.9 Å². The highest BCUT2D eigenvalue weighted by atomic mass is 19.1. The third-order valence-corrected chi connectivity index (χ3v) is 7.75. The number of hydrogen-bond acceptors (Lipinski definition) is 6. The lowest BCUT2D eigenvalue weighted by molar-refractivity contribution is -0.118. The lowest BCUT2D eigenvalue weighted by atomic mass is 9.73. The Morgan fingerprint density at radius 1 is 1.02 bits per heavy atom. The molecule has 2 aliphatic rings. The van der Waals surface area contributed by atoms with Crippen LogP contribution in [0.3, 0.4) is 0 Å². The molecule has 10 heteroatoms. The van der Waals surface area contributed by atoms with Crippen LogP contribution in [-0.2, 0) is 11.4 Å². The number of para-hydroxylation sites is 1. The Balaban J connectivity index is 1.54. The van der Waals surface area contributed by atoms with E-state index in [1.165, 1.54) is 30.3 Å². The third kappa shape index (κ3) is 5.39. The molecule has 4 aromatic rings. The maximum atomic E-state index is 16.2. The van der Waals surface area contributed by atoms with Gasteiger partial charge < -0.3 is 15.2 Å². The number of phenols is 1. The second kappa shape index (κ2) is 11.2. The van der Waals surface area contributed by atoms with E-state index < -0.39 is 40.5 Å². The van der Waals surface area contributed by atoms with Gasteiger partial charge in [0.25, 0.3) is 5.91 Å². The van der Waals surface area contributed by atoms with Crippen molar-refractivity contribution in [3.8, 4) is 11.5 Å². The van der Waals surface area contributed by atoms with E-state index in [0.29, 0.717) is 24.4 Å². The van der Waals surface area contributed by atoms with Crippen molar-refractivity contribution in [3.63, 3.8) is 0 Å². The largest absolute Gasteiger partial charge is 0.506 e. The molecule has 0 saturated carbocycles. The number of nitrogens with zero attached hydrogens (tertiary/aromatic N) is 2. The number of halogens is 3. The van der Waals surface area contributed by atoms with Crippen molar-refractivity contribution in [1.82, 2.24) is 4.98 Å². The highest BCUT2D eigenvalue weighted by molar-refractivity contribution is 6.11. The fourth-order valence-corrected chi connectivity index (χ4v) is 5.81. The van der Waals surface area contributed by atoms with Gasteiger partial charge in [-0.25, -0.2) is 18.2 Å². The summed E-state index contributed by atoms with van der Waals surface area (Å²) in [5.74, 6) is -4.44. The summed E-state index contributed by atoms with van der Waals surface area (Å²) in [6.45, 7) is 3.99. The molecule has 3 aromatic carbocycles. The standard InChI is InChI=1S/C34H28F3N3O4/c1-34(2)15-25-29(28(42)16-34)32(22-12-11-21(14-23(22)36)44-18-19-7-4-3-5-8-19)40(26-9-6-10-27(41)31(26)39-25)33(43)30-24(37)13-20(35)17-38-30/h3-14,17,32,39,41H,15-16,18H2,1-2H3. The quantitative estimate of drug-likeness (QED) is 0.235. The van der Waals surface area contributed by atoms with Gasteiger partial charge in [-0.15, -0.1) is 0 Å². The minimum Gasteiger partial charge on any atom is -0.506 e. The summed E-state index contributed by atoms with van der Waals surface area (Å²) in [7, 11) is 0. The Bertz CT molecular complexity index is 1820. The Morgan fingerprint density at radius 3 is 2.52 bits per heavy atom. The van der Waals surface area contributed by atoms with Gasteiger partial charge in [-0.1, -0.05) is 50.2 Å². The van der Waals surface area contributed by atoms with Crippen molar-refractivity contribution in [3.05, 3.63) is 125 Å². The van der Waals surface area contributed by atoms with E-state index in [0.717, 1.165) is 16.5 Å². The number of carbonyl (C=O) groups excluding carboxylic acids is 2. The topological polar surface area (TPSA) is 91.8 Å². The summed E-state index contributed by atoms with van der Waals surface area (Å²) in [5, 5.41) is 14.0. The molecule has 1 amide bonds. The minimum absolute atomic E-state index is 0.0503. The summed E-state index contributed by atoms with van der Waals surface area (Å²) in [6, 6.07) is 16.9. The van der Waals surface area contributed by atoms with Crippen LogP contribution in [0.2, 0.25) is 0 Å². The second-order valence-electron chi connectivity index (χ2n) is 11.6. The highest BCUT2D eigenvalue weighted by Crippen LogP contribution is 2.51. The molecule has 2 heterocycles. The van der Waals surface area contributed by atoms with Crippen LogP contribution >= 0.6 is 0 Å². The maximum Gasteiger partial charge on any atom is 0.280 e. The van der Waals surface area contributed by atoms with Crippen molar-refractivity contribution >= 4 is 23.1 Å². The van der Waals surface area contributed by atoms with Crippen LogP contribution in [0.1, 0.15) is 54.3 Å². The molecule has 1 aliphatic heterocycles. The third-order valence-electron chi connectivity index (χ3n) is 7.75. The van der Waals surface area contributed by atoms with Crippen LogP contribution in [0.15, 0.2) is 90.3 Å². The van der Waals surface area contributed by atoms with Crippen LogP contribution in [0.25, 0.3) is 0 Å². The summed E-state index contributed by atoms with van der Waals surface area (Å²) in [6.07, 6.45) is 1.13. The molecule has 2 N–H and O–H groups in total. The first-order chi connectivity index (χ1) is 21.0. The summed E-state index contributed by atoms with van der Waals surface area (Å²) in [5.41, 5.74) is 0.196. The molecule has 0 fully saturated rings. The van der Waals surface area contributed by atoms with Gasteiger partial charge in [0.1, 0.15) is 35.4 Å². The highest BCUT2D eigenvalue weighted by Gasteiger charge is 2.45. The average Bonchev–Trinajstić information content (AvgIpc) is 3.11. The second-order valence-corrected chi connectivity index (χ2v) is 11.6. The van der Waals surface area contributed by atoms with Crippen molar-refractivity contribution in [2.45, 2.75) is 39.3 Å². The first-order valence-electron chi connectivity index (χ1n) is 14.0. The monoisotopic (exact) mass is 599 g/mol. The van der Waals surface area contributed by atoms with Gasteiger partial charge in [0, 0.05) is 35.4 Å². The van der Waals surface area contributed by atoms with E-state index >= 15 is 8.78 Å². The Hall–Kier alpha value is -5.12. The minimum atomic E-state index is -1.40. The number of nitrogens with one attached hydrogen (secondary N) is 1. The number of benzene rings is 3. The molecule has 6 rings (SSSR count). The molecule has 7 nitrogen and oxygen atoms in total. The first kappa shape index (κ1) is 29.0. The number of carbonyl (C=O) groups is 2. The summed E-state index contributed by atoms with van der Waals surface area (Å²) in [4.78, 5) is 32.8. The number of allylic oxidation sites excluding steroid dienone is 1. The molecule has 1 aromatic heterocycles. The molecule has 0 spiro atoms. The number of ketones is 1. The number of hydrogen-bond donors (Lipinski definition) is 2. The molecule has 44 heavy (non-hydrogen) atoms. The van der Waals surface area contributed by atoms with Gasteiger partial charge >= 0.3 is 0 Å². The van der Waals surface area contributed by atoms with Gasteiger partial charge in [0.2, 0.25) is 0 Å². The van der Waals surface area contributed by atoms with Gasteiger partial charge in [-0.3, -0.25) is 14.5 Å². The average molecular weight is 600 g/mol. The van der Waals surface area contributed by atoms with Crippen LogP contribution in [-0.4, -0.2) is 21.8 Å². The van der Waals surface area contributed by atoms with Crippen molar-refractivity contribution in [2.75, 3.05) is 10.2 Å². The Morgan fingerprint density at radius 2 is 1.80 bits per heavy atom. The smallest absolute Gasteiger partial charge is 0.280 e. The van der Waals surface area contributed by atoms with E-state index in [2.05, 4.69) is 10.3 Å². The van der Waals surface area contributed by atoms with E-state index in [4.69, 9.17) is 4.74 Å². The lowest BCUT2D eigenvalue weighted by Gasteiger charge is -2.37. The van der Waals surface area contributed by atoms with Gasteiger partial charge in [-0.2, -0.15) is 0 Å². The summed E-state index contributed by atoms with van der Waals surface area (Å²) < 4.78 is 50.8. The van der Waals surface area contributed by atoms with Gasteiger partial charge in [-0.05, 0) is 41.7 Å². The normalized spacial score (nSPS) is 17.3. The number of Topliss-reactive ketones (excluding diaryl/α,β-unsaturated/α-hetero) is 1. The number of aromatic nitrogens is 1. The Labute approximate surface area is 251 Å². The lowest BCUT2D eigenvalue weighted by Crippen LogP contribution is -2.40. The zero-order valence-corrected chi connectivity index (χ0v) is 23.9. The van der Waals surface area contributed by atoms with E-state index in [-0.39, 0.29) is 52.8 Å². The molecular formula is C34H28F3N3O4. The fourth-order valence-electron chi connectivity index (χ4n) is 5.81. The number of pyridine rings is 1. The molecule has 0 radical (unpaired) electrons. The number of fused-ring (bicyclic) bond motifs is 1.